The van der Waals surface area contributed by atoms with E-state index in [1.165, 1.54) is 57.3 Å². The Hall–Kier alpha value is -1.02. The van der Waals surface area contributed by atoms with Crippen LogP contribution in [0.2, 0.25) is 0 Å². The number of anilines is 1. The Bertz CT molecular complexity index is 363. The monoisotopic (exact) mass is 274 g/mol. The second kappa shape index (κ2) is 8.31. The summed E-state index contributed by atoms with van der Waals surface area (Å²) in [7, 11) is 2.13. The van der Waals surface area contributed by atoms with Crippen LogP contribution in [0.3, 0.4) is 0 Å². The summed E-state index contributed by atoms with van der Waals surface area (Å²) in [6.07, 6.45) is 8.06. The van der Waals surface area contributed by atoms with Crippen molar-refractivity contribution in [3.63, 3.8) is 0 Å². The summed E-state index contributed by atoms with van der Waals surface area (Å²) in [4.78, 5) is 2.60. The van der Waals surface area contributed by atoms with Crippen LogP contribution < -0.4 is 10.2 Å². The first-order valence-electron chi connectivity index (χ1n) is 8.32. The Morgan fingerprint density at radius 1 is 1.15 bits per heavy atom. The first-order chi connectivity index (χ1) is 9.85. The van der Waals surface area contributed by atoms with Gasteiger partial charge in [0.15, 0.2) is 0 Å². The van der Waals surface area contributed by atoms with Gasteiger partial charge in [-0.3, -0.25) is 0 Å². The quantitative estimate of drug-likeness (QED) is 0.806. The molecule has 0 aliphatic heterocycles. The minimum Gasteiger partial charge on any atom is -0.371 e. The number of nitrogens with zero attached hydrogens (tertiary/aromatic N) is 1. The second-order valence-corrected chi connectivity index (χ2v) is 6.07. The van der Waals surface area contributed by atoms with Crippen molar-refractivity contribution in [2.75, 3.05) is 25.0 Å². The van der Waals surface area contributed by atoms with E-state index in [-0.39, 0.29) is 0 Å². The highest BCUT2D eigenvalue weighted by Crippen LogP contribution is 2.27. The molecule has 1 saturated carbocycles. The fourth-order valence-electron chi connectivity index (χ4n) is 3.40. The number of para-hydroxylation sites is 1. The fraction of sp³-hybridized carbons (Fsp3) is 0.667. The van der Waals surface area contributed by atoms with Gasteiger partial charge in [0.25, 0.3) is 0 Å². The van der Waals surface area contributed by atoms with Crippen molar-refractivity contribution in [1.82, 2.24) is 5.32 Å². The van der Waals surface area contributed by atoms with Crippen molar-refractivity contribution in [2.24, 2.45) is 5.92 Å². The topological polar surface area (TPSA) is 15.3 Å². The molecule has 1 fully saturated rings. The lowest BCUT2D eigenvalue weighted by atomic mass is 9.84. The number of rotatable bonds is 7. The van der Waals surface area contributed by atoms with Crippen LogP contribution >= 0.6 is 0 Å². The Labute approximate surface area is 124 Å². The molecule has 1 aromatic carbocycles. The van der Waals surface area contributed by atoms with Gasteiger partial charge in [0.05, 0.1) is 0 Å². The first-order valence-corrected chi connectivity index (χ1v) is 8.32. The van der Waals surface area contributed by atoms with Gasteiger partial charge in [-0.2, -0.15) is 0 Å². The van der Waals surface area contributed by atoms with Crippen molar-refractivity contribution in [3.8, 4) is 0 Å². The number of hydrogen-bond donors (Lipinski definition) is 1. The number of benzene rings is 1. The molecule has 2 heteroatoms. The smallest absolute Gasteiger partial charge is 0.0366 e. The highest BCUT2D eigenvalue weighted by molar-refractivity contribution is 5.46. The van der Waals surface area contributed by atoms with E-state index in [9.17, 15) is 0 Å². The average molecular weight is 274 g/mol. The standard InChI is InChI=1S/C18H30N2/c1-3-4-14-20(17-11-6-5-7-12-17)15-16-10-8-9-13-18(16)19-2/h5-7,11-12,16,18-19H,3-4,8-10,13-15H2,1-2H3. The molecule has 112 valence electrons. The predicted molar refractivity (Wildman–Crippen MR) is 88.4 cm³/mol. The van der Waals surface area contributed by atoms with Crippen molar-refractivity contribution >= 4 is 5.69 Å². The van der Waals surface area contributed by atoms with E-state index in [1.807, 2.05) is 0 Å². The summed E-state index contributed by atoms with van der Waals surface area (Å²) < 4.78 is 0. The van der Waals surface area contributed by atoms with Gasteiger partial charge in [0, 0.05) is 24.8 Å². The van der Waals surface area contributed by atoms with E-state index in [4.69, 9.17) is 0 Å². The van der Waals surface area contributed by atoms with Crippen molar-refractivity contribution in [3.05, 3.63) is 30.3 Å². The first kappa shape index (κ1) is 15.4. The molecule has 0 heterocycles. The molecule has 1 aliphatic rings. The SMILES string of the molecule is CCCCN(CC1CCCCC1NC)c1ccccc1. The molecular weight excluding hydrogens is 244 g/mol. The minimum atomic E-state index is 0.705. The molecule has 20 heavy (non-hydrogen) atoms. The zero-order chi connectivity index (χ0) is 14.2. The van der Waals surface area contributed by atoms with Crippen molar-refractivity contribution in [1.29, 1.82) is 0 Å². The maximum Gasteiger partial charge on any atom is 0.0366 e. The van der Waals surface area contributed by atoms with E-state index in [2.05, 4.69) is 54.5 Å². The molecule has 2 atom stereocenters. The second-order valence-electron chi connectivity index (χ2n) is 6.07. The third-order valence-corrected chi connectivity index (χ3v) is 4.64. The molecule has 0 saturated heterocycles. The summed E-state index contributed by atoms with van der Waals surface area (Å²) in [6.45, 7) is 4.67. The highest BCUT2D eigenvalue weighted by atomic mass is 15.1. The van der Waals surface area contributed by atoms with Crippen LogP contribution in [0.15, 0.2) is 30.3 Å². The number of hydrogen-bond acceptors (Lipinski definition) is 2. The van der Waals surface area contributed by atoms with Crippen LogP contribution in [-0.2, 0) is 0 Å². The Balaban J connectivity index is 2.03. The Kier molecular flexibility index (Phi) is 6.38. The summed E-state index contributed by atoms with van der Waals surface area (Å²) >= 11 is 0. The third-order valence-electron chi connectivity index (χ3n) is 4.64. The van der Waals surface area contributed by atoms with Crippen LogP contribution in [0, 0.1) is 5.92 Å². The van der Waals surface area contributed by atoms with Crippen LogP contribution in [0.5, 0.6) is 0 Å². The van der Waals surface area contributed by atoms with Gasteiger partial charge >= 0.3 is 0 Å². The molecule has 1 N–H and O–H groups in total. The van der Waals surface area contributed by atoms with Gasteiger partial charge in [-0.1, -0.05) is 44.4 Å². The molecule has 2 nitrogen and oxygen atoms in total. The zero-order valence-corrected chi connectivity index (χ0v) is 13.1. The van der Waals surface area contributed by atoms with Gasteiger partial charge in [-0.25, -0.2) is 0 Å². The normalized spacial score (nSPS) is 22.7. The summed E-state index contributed by atoms with van der Waals surface area (Å²) in [5, 5.41) is 3.54. The van der Waals surface area contributed by atoms with Crippen LogP contribution in [0.4, 0.5) is 5.69 Å². The zero-order valence-electron chi connectivity index (χ0n) is 13.1. The van der Waals surface area contributed by atoms with Gasteiger partial charge in [0.1, 0.15) is 0 Å². The minimum absolute atomic E-state index is 0.705. The number of unbranched alkanes of at least 4 members (excludes halogenated alkanes) is 1. The van der Waals surface area contributed by atoms with E-state index >= 15 is 0 Å². The van der Waals surface area contributed by atoms with Gasteiger partial charge < -0.3 is 10.2 Å². The average Bonchev–Trinajstić information content (AvgIpc) is 2.52. The predicted octanol–water partition coefficient (Wildman–Crippen LogP) is 4.07. The summed E-state index contributed by atoms with van der Waals surface area (Å²) in [6, 6.07) is 11.6. The molecule has 2 rings (SSSR count). The van der Waals surface area contributed by atoms with E-state index < -0.39 is 0 Å². The molecule has 0 spiro atoms. The molecular formula is C18H30N2. The van der Waals surface area contributed by atoms with Crippen LogP contribution in [-0.4, -0.2) is 26.2 Å². The highest BCUT2D eigenvalue weighted by Gasteiger charge is 2.25. The molecule has 0 amide bonds. The summed E-state index contributed by atoms with van der Waals surface area (Å²) in [5.41, 5.74) is 1.39. The van der Waals surface area contributed by atoms with Gasteiger partial charge in [-0.15, -0.1) is 0 Å². The van der Waals surface area contributed by atoms with Crippen molar-refractivity contribution < 1.29 is 0 Å². The fourth-order valence-corrected chi connectivity index (χ4v) is 3.40. The number of nitrogens with one attached hydrogen (secondary N) is 1. The van der Waals surface area contributed by atoms with Gasteiger partial charge in [0.2, 0.25) is 0 Å². The lowest BCUT2D eigenvalue weighted by Gasteiger charge is -2.36. The molecule has 1 aliphatic carbocycles. The Morgan fingerprint density at radius 3 is 2.60 bits per heavy atom. The van der Waals surface area contributed by atoms with Crippen LogP contribution in [0.25, 0.3) is 0 Å². The molecule has 0 bridgehead atoms. The van der Waals surface area contributed by atoms with E-state index in [0.29, 0.717) is 6.04 Å². The van der Waals surface area contributed by atoms with E-state index in [1.54, 1.807) is 0 Å². The summed E-state index contributed by atoms with van der Waals surface area (Å²) in [5.74, 6) is 0.797. The molecule has 0 aromatic heterocycles. The molecule has 1 aromatic rings. The lowest BCUT2D eigenvalue weighted by molar-refractivity contribution is 0.275. The largest absolute Gasteiger partial charge is 0.371 e. The van der Waals surface area contributed by atoms with E-state index in [0.717, 1.165) is 5.92 Å². The molecule has 2 unspecified atom stereocenters. The van der Waals surface area contributed by atoms with Crippen LogP contribution in [0.1, 0.15) is 45.4 Å². The maximum absolute atomic E-state index is 3.54. The lowest BCUT2D eigenvalue weighted by Crippen LogP contribution is -2.43. The maximum atomic E-state index is 3.54. The van der Waals surface area contributed by atoms with Gasteiger partial charge in [-0.05, 0) is 44.4 Å². The third kappa shape index (κ3) is 4.24. The Morgan fingerprint density at radius 2 is 1.90 bits per heavy atom. The van der Waals surface area contributed by atoms with Crippen molar-refractivity contribution in [2.45, 2.75) is 51.5 Å². The molecule has 0 radical (unpaired) electrons.